The van der Waals surface area contributed by atoms with Crippen LogP contribution >= 0.6 is 0 Å². The number of aromatic nitrogens is 4. The Morgan fingerprint density at radius 3 is 3.05 bits per heavy atom. The molecule has 1 aliphatic rings. The molecule has 2 aromatic heterocycles. The van der Waals surface area contributed by atoms with Crippen molar-refractivity contribution in [1.29, 1.82) is 0 Å². The van der Waals surface area contributed by atoms with Crippen LogP contribution in [-0.2, 0) is 4.74 Å². The largest absolute Gasteiger partial charge is 0.394 e. The number of amides is 1. The summed E-state index contributed by atoms with van der Waals surface area (Å²) in [7, 11) is 0. The topological polar surface area (TPSA) is 93.4 Å². The van der Waals surface area contributed by atoms with Crippen LogP contribution in [0.3, 0.4) is 0 Å². The van der Waals surface area contributed by atoms with Crippen molar-refractivity contribution in [2.45, 2.75) is 6.04 Å². The summed E-state index contributed by atoms with van der Waals surface area (Å²) in [5.41, 5.74) is 0.471. The highest BCUT2D eigenvalue weighted by Crippen LogP contribution is 2.13. The maximum atomic E-state index is 12.5. The standard InChI is InChI=1S/C13H15N5O3/c19-6-11-7-21-4-3-17(11)13(20)10-1-2-12(15-5-10)18-9-14-8-16-18/h1-2,5,8-9,11,19H,3-4,6-7H2. The van der Waals surface area contributed by atoms with Crippen LogP contribution in [0.15, 0.2) is 31.0 Å². The number of aliphatic hydroxyl groups is 1. The molecule has 0 radical (unpaired) electrons. The second-order valence-electron chi connectivity index (χ2n) is 4.65. The molecular formula is C13H15N5O3. The number of pyridine rings is 1. The Labute approximate surface area is 121 Å². The van der Waals surface area contributed by atoms with Gasteiger partial charge in [-0.1, -0.05) is 0 Å². The van der Waals surface area contributed by atoms with Crippen molar-refractivity contribution in [3.63, 3.8) is 0 Å². The minimum atomic E-state index is -0.304. The van der Waals surface area contributed by atoms with E-state index < -0.39 is 0 Å². The number of morpholine rings is 1. The molecular weight excluding hydrogens is 274 g/mol. The van der Waals surface area contributed by atoms with Crippen LogP contribution in [0.2, 0.25) is 0 Å². The fourth-order valence-electron chi connectivity index (χ4n) is 2.21. The maximum Gasteiger partial charge on any atom is 0.255 e. The second-order valence-corrected chi connectivity index (χ2v) is 4.65. The third kappa shape index (κ3) is 2.76. The van der Waals surface area contributed by atoms with Gasteiger partial charge in [-0.25, -0.2) is 14.6 Å². The Bertz CT molecular complexity index is 599. The lowest BCUT2D eigenvalue weighted by molar-refractivity contribution is -0.0184. The molecule has 0 aliphatic carbocycles. The number of carbonyl (C=O) groups excluding carboxylic acids is 1. The zero-order chi connectivity index (χ0) is 14.7. The van der Waals surface area contributed by atoms with E-state index in [1.165, 1.54) is 23.5 Å². The number of carbonyl (C=O) groups is 1. The molecule has 3 rings (SSSR count). The van der Waals surface area contributed by atoms with Crippen molar-refractivity contribution < 1.29 is 14.6 Å². The first-order valence-corrected chi connectivity index (χ1v) is 6.60. The average molecular weight is 289 g/mol. The van der Waals surface area contributed by atoms with Crippen LogP contribution in [0, 0.1) is 0 Å². The summed E-state index contributed by atoms with van der Waals surface area (Å²) in [5.74, 6) is 0.430. The minimum absolute atomic E-state index is 0.115. The molecule has 1 aliphatic heterocycles. The fourth-order valence-corrected chi connectivity index (χ4v) is 2.21. The van der Waals surface area contributed by atoms with Crippen LogP contribution < -0.4 is 0 Å². The molecule has 0 spiro atoms. The van der Waals surface area contributed by atoms with E-state index in [1.807, 2.05) is 0 Å². The van der Waals surface area contributed by atoms with E-state index in [1.54, 1.807) is 17.0 Å². The zero-order valence-electron chi connectivity index (χ0n) is 11.3. The van der Waals surface area contributed by atoms with Crippen LogP contribution in [-0.4, -0.2) is 68.1 Å². The van der Waals surface area contributed by atoms with Gasteiger partial charge in [0.05, 0.1) is 31.4 Å². The molecule has 1 saturated heterocycles. The molecule has 3 heterocycles. The smallest absolute Gasteiger partial charge is 0.255 e. The van der Waals surface area contributed by atoms with E-state index in [0.29, 0.717) is 31.1 Å². The molecule has 1 N–H and O–H groups in total. The summed E-state index contributed by atoms with van der Waals surface area (Å²) >= 11 is 0. The predicted molar refractivity (Wildman–Crippen MR) is 71.9 cm³/mol. The quantitative estimate of drug-likeness (QED) is 0.818. The third-order valence-electron chi connectivity index (χ3n) is 3.35. The second kappa shape index (κ2) is 5.98. The van der Waals surface area contributed by atoms with E-state index in [4.69, 9.17) is 4.74 Å². The van der Waals surface area contributed by atoms with Gasteiger partial charge in [-0.3, -0.25) is 4.79 Å². The van der Waals surface area contributed by atoms with Gasteiger partial charge in [-0.2, -0.15) is 5.10 Å². The fraction of sp³-hybridized carbons (Fsp3) is 0.385. The van der Waals surface area contributed by atoms with E-state index in [-0.39, 0.29) is 18.6 Å². The molecule has 8 nitrogen and oxygen atoms in total. The summed E-state index contributed by atoms with van der Waals surface area (Å²) < 4.78 is 6.78. The molecule has 21 heavy (non-hydrogen) atoms. The van der Waals surface area contributed by atoms with E-state index in [0.717, 1.165) is 0 Å². The number of ether oxygens (including phenoxy) is 1. The molecule has 1 amide bonds. The van der Waals surface area contributed by atoms with Crippen molar-refractivity contribution in [3.05, 3.63) is 36.5 Å². The summed E-state index contributed by atoms with van der Waals surface area (Å²) in [5, 5.41) is 13.3. The Morgan fingerprint density at radius 1 is 1.48 bits per heavy atom. The minimum Gasteiger partial charge on any atom is -0.394 e. The van der Waals surface area contributed by atoms with Gasteiger partial charge in [0.25, 0.3) is 5.91 Å². The predicted octanol–water partition coefficient (Wildman–Crippen LogP) is -0.504. The molecule has 1 unspecified atom stereocenters. The SMILES string of the molecule is O=C(c1ccc(-n2cncn2)nc1)N1CCOCC1CO. The maximum absolute atomic E-state index is 12.5. The Balaban J connectivity index is 1.78. The molecule has 110 valence electrons. The summed E-state index contributed by atoms with van der Waals surface area (Å²) in [4.78, 5) is 22.1. The van der Waals surface area contributed by atoms with Gasteiger partial charge >= 0.3 is 0 Å². The molecule has 2 aromatic rings. The monoisotopic (exact) mass is 289 g/mol. The molecule has 1 atom stereocenters. The van der Waals surface area contributed by atoms with Gasteiger partial charge in [0.1, 0.15) is 12.7 Å². The molecule has 1 fully saturated rings. The lowest BCUT2D eigenvalue weighted by atomic mass is 10.2. The Morgan fingerprint density at radius 2 is 2.38 bits per heavy atom. The molecule has 8 heteroatoms. The summed E-state index contributed by atoms with van der Waals surface area (Å²) in [6, 6.07) is 3.09. The zero-order valence-corrected chi connectivity index (χ0v) is 11.3. The van der Waals surface area contributed by atoms with Crippen molar-refractivity contribution in [2.75, 3.05) is 26.4 Å². The number of hydrogen-bond donors (Lipinski definition) is 1. The number of rotatable bonds is 3. The van der Waals surface area contributed by atoms with Gasteiger partial charge in [0, 0.05) is 12.7 Å². The van der Waals surface area contributed by atoms with Crippen LogP contribution in [0.1, 0.15) is 10.4 Å². The van der Waals surface area contributed by atoms with E-state index in [2.05, 4.69) is 15.1 Å². The Kier molecular flexibility index (Phi) is 3.89. The number of aliphatic hydroxyl groups excluding tert-OH is 1. The van der Waals surface area contributed by atoms with Crippen molar-refractivity contribution in [3.8, 4) is 5.82 Å². The van der Waals surface area contributed by atoms with Crippen LogP contribution in [0.5, 0.6) is 0 Å². The first-order chi connectivity index (χ1) is 10.3. The molecule has 0 bridgehead atoms. The van der Waals surface area contributed by atoms with Gasteiger partial charge in [0.2, 0.25) is 0 Å². The number of hydrogen-bond acceptors (Lipinski definition) is 6. The van der Waals surface area contributed by atoms with Gasteiger partial charge in [-0.05, 0) is 12.1 Å². The van der Waals surface area contributed by atoms with Crippen LogP contribution in [0.4, 0.5) is 0 Å². The van der Waals surface area contributed by atoms with Gasteiger partial charge in [0.15, 0.2) is 5.82 Å². The normalized spacial score (nSPS) is 18.7. The third-order valence-corrected chi connectivity index (χ3v) is 3.35. The Hall–Kier alpha value is -2.32. The van der Waals surface area contributed by atoms with Crippen molar-refractivity contribution >= 4 is 5.91 Å². The summed E-state index contributed by atoms with van der Waals surface area (Å²) in [6.45, 7) is 1.19. The van der Waals surface area contributed by atoms with E-state index >= 15 is 0 Å². The number of nitrogens with zero attached hydrogens (tertiary/aromatic N) is 5. The van der Waals surface area contributed by atoms with Crippen molar-refractivity contribution in [1.82, 2.24) is 24.6 Å². The van der Waals surface area contributed by atoms with E-state index in [9.17, 15) is 9.90 Å². The summed E-state index contributed by atoms with van der Waals surface area (Å²) in [6.07, 6.45) is 4.46. The molecule has 0 aromatic carbocycles. The highest BCUT2D eigenvalue weighted by molar-refractivity contribution is 5.94. The van der Waals surface area contributed by atoms with Gasteiger partial charge < -0.3 is 14.7 Å². The highest BCUT2D eigenvalue weighted by atomic mass is 16.5. The first-order valence-electron chi connectivity index (χ1n) is 6.60. The lowest BCUT2D eigenvalue weighted by Gasteiger charge is -2.34. The highest BCUT2D eigenvalue weighted by Gasteiger charge is 2.27. The van der Waals surface area contributed by atoms with Crippen LogP contribution in [0.25, 0.3) is 5.82 Å². The first kappa shape index (κ1) is 13.7. The molecule has 0 saturated carbocycles. The van der Waals surface area contributed by atoms with Gasteiger partial charge in [-0.15, -0.1) is 0 Å². The van der Waals surface area contributed by atoms with Crippen molar-refractivity contribution in [2.24, 2.45) is 0 Å². The lowest BCUT2D eigenvalue weighted by Crippen LogP contribution is -2.50. The average Bonchev–Trinajstić information content (AvgIpc) is 3.09.